The van der Waals surface area contributed by atoms with Crippen LogP contribution in [0, 0.1) is 24.2 Å². The average Bonchev–Trinajstić information content (AvgIpc) is 2.96. The lowest BCUT2D eigenvalue weighted by Gasteiger charge is -2.17. The van der Waals surface area contributed by atoms with Crippen LogP contribution in [0.2, 0.25) is 0 Å². The number of nitriles is 1. The van der Waals surface area contributed by atoms with Gasteiger partial charge in [0.1, 0.15) is 16.8 Å². The Hall–Kier alpha value is -2.43. The Bertz CT molecular complexity index is 914. The van der Waals surface area contributed by atoms with Crippen molar-refractivity contribution < 1.29 is 9.53 Å². The fraction of sp³-hybridized carbons (Fsp3) is 0.350. The molecule has 0 aliphatic heterocycles. The zero-order valence-electron chi connectivity index (χ0n) is 15.3. The maximum atomic E-state index is 12.1. The normalized spacial score (nSPS) is 15.4. The van der Waals surface area contributed by atoms with Crippen molar-refractivity contribution in [3.05, 3.63) is 45.8 Å². The maximum absolute atomic E-state index is 12.1. The molecule has 0 radical (unpaired) electrons. The van der Waals surface area contributed by atoms with Gasteiger partial charge in [-0.15, -0.1) is 11.3 Å². The minimum Gasteiger partial charge on any atom is -0.483 e. The van der Waals surface area contributed by atoms with Crippen molar-refractivity contribution in [1.29, 1.82) is 5.26 Å². The van der Waals surface area contributed by atoms with Gasteiger partial charge in [-0.3, -0.25) is 10.1 Å². The first-order valence-corrected chi connectivity index (χ1v) is 10.0. The van der Waals surface area contributed by atoms with Gasteiger partial charge in [-0.25, -0.2) is 0 Å². The Morgan fingerprint density at radius 2 is 2.22 bits per heavy atom. The summed E-state index contributed by atoms with van der Waals surface area (Å²) in [5, 5.41) is 16.0. The molecule has 0 fully saturated rings. The maximum Gasteiger partial charge on any atom is 0.264 e. The van der Waals surface area contributed by atoms with Crippen LogP contribution in [0.15, 0.2) is 24.3 Å². The van der Waals surface area contributed by atoms with Crippen molar-refractivity contribution in [2.45, 2.75) is 33.1 Å². The van der Waals surface area contributed by atoms with Gasteiger partial charge in [0.25, 0.3) is 5.91 Å². The average molecular weight is 400 g/mol. The number of aryl methyl sites for hydroxylation is 1. The Morgan fingerprint density at radius 3 is 2.96 bits per heavy atom. The molecular weight excluding hydrogens is 378 g/mol. The van der Waals surface area contributed by atoms with E-state index in [1.54, 1.807) is 11.3 Å². The predicted molar refractivity (Wildman–Crippen MR) is 111 cm³/mol. The molecule has 1 atom stereocenters. The van der Waals surface area contributed by atoms with E-state index < -0.39 is 0 Å². The number of carbonyl (C=O) groups excluding carboxylic acids is 1. The molecule has 1 aliphatic carbocycles. The molecule has 140 valence electrons. The summed E-state index contributed by atoms with van der Waals surface area (Å²) in [6, 6.07) is 9.78. The zero-order valence-corrected chi connectivity index (χ0v) is 16.9. The summed E-state index contributed by atoms with van der Waals surface area (Å²) in [5.74, 6) is 0.948. The van der Waals surface area contributed by atoms with Crippen LogP contribution < -0.4 is 15.4 Å². The number of amides is 1. The number of hydrogen-bond acceptors (Lipinski definition) is 5. The van der Waals surface area contributed by atoms with E-state index >= 15 is 0 Å². The van der Waals surface area contributed by atoms with Crippen molar-refractivity contribution in [2.75, 3.05) is 11.9 Å². The van der Waals surface area contributed by atoms with Crippen LogP contribution in [-0.4, -0.2) is 17.6 Å². The second-order valence-electron chi connectivity index (χ2n) is 6.72. The number of nitrogens with zero attached hydrogens (tertiary/aromatic N) is 1. The van der Waals surface area contributed by atoms with Crippen molar-refractivity contribution >= 4 is 39.6 Å². The van der Waals surface area contributed by atoms with Gasteiger partial charge in [0.15, 0.2) is 11.7 Å². The Morgan fingerprint density at radius 1 is 1.44 bits per heavy atom. The van der Waals surface area contributed by atoms with E-state index in [0.29, 0.717) is 22.2 Å². The number of benzene rings is 1. The molecule has 1 amide bonds. The third-order valence-electron chi connectivity index (χ3n) is 4.56. The molecule has 3 rings (SSSR count). The van der Waals surface area contributed by atoms with Crippen LogP contribution in [0.3, 0.4) is 0 Å². The molecule has 1 aromatic heterocycles. The van der Waals surface area contributed by atoms with Crippen LogP contribution in [0.1, 0.15) is 34.9 Å². The van der Waals surface area contributed by atoms with E-state index in [0.717, 1.165) is 30.4 Å². The summed E-state index contributed by atoms with van der Waals surface area (Å²) >= 11 is 6.79. The van der Waals surface area contributed by atoms with E-state index in [1.807, 2.05) is 31.2 Å². The lowest BCUT2D eigenvalue weighted by atomic mass is 9.89. The summed E-state index contributed by atoms with van der Waals surface area (Å²) in [6.45, 7) is 4.01. The van der Waals surface area contributed by atoms with E-state index in [4.69, 9.17) is 17.0 Å². The molecule has 0 unspecified atom stereocenters. The van der Waals surface area contributed by atoms with E-state index in [9.17, 15) is 10.1 Å². The highest BCUT2D eigenvalue weighted by Gasteiger charge is 2.24. The fourth-order valence-corrected chi connectivity index (χ4v) is 4.76. The second kappa shape index (κ2) is 8.51. The molecule has 27 heavy (non-hydrogen) atoms. The summed E-state index contributed by atoms with van der Waals surface area (Å²) < 4.78 is 5.52. The van der Waals surface area contributed by atoms with Gasteiger partial charge in [0.05, 0.1) is 5.56 Å². The van der Waals surface area contributed by atoms with Gasteiger partial charge >= 0.3 is 0 Å². The first kappa shape index (κ1) is 19.3. The molecule has 1 aromatic carbocycles. The summed E-state index contributed by atoms with van der Waals surface area (Å²) in [7, 11) is 0. The van der Waals surface area contributed by atoms with Crippen LogP contribution in [0.4, 0.5) is 5.00 Å². The summed E-state index contributed by atoms with van der Waals surface area (Å²) in [6.07, 6.45) is 3.00. The molecule has 2 N–H and O–H groups in total. The van der Waals surface area contributed by atoms with Crippen molar-refractivity contribution in [1.82, 2.24) is 5.32 Å². The van der Waals surface area contributed by atoms with Gasteiger partial charge in [0.2, 0.25) is 0 Å². The van der Waals surface area contributed by atoms with Gasteiger partial charge in [-0.1, -0.05) is 25.1 Å². The van der Waals surface area contributed by atoms with Gasteiger partial charge < -0.3 is 10.1 Å². The highest BCUT2D eigenvalue weighted by molar-refractivity contribution is 7.80. The van der Waals surface area contributed by atoms with E-state index in [2.05, 4.69) is 23.6 Å². The fourth-order valence-electron chi connectivity index (χ4n) is 3.12. The van der Waals surface area contributed by atoms with Crippen LogP contribution in [-0.2, 0) is 17.6 Å². The molecule has 7 heteroatoms. The minimum absolute atomic E-state index is 0.129. The van der Waals surface area contributed by atoms with Crippen molar-refractivity contribution in [3.63, 3.8) is 0 Å². The van der Waals surface area contributed by atoms with Crippen LogP contribution >= 0.6 is 23.6 Å². The molecule has 1 aliphatic rings. The summed E-state index contributed by atoms with van der Waals surface area (Å²) in [5.41, 5.74) is 2.73. The van der Waals surface area contributed by atoms with Crippen LogP contribution in [0.25, 0.3) is 0 Å². The molecule has 0 spiro atoms. The Balaban J connectivity index is 1.59. The van der Waals surface area contributed by atoms with E-state index in [-0.39, 0.29) is 17.6 Å². The third-order valence-corrected chi connectivity index (χ3v) is 5.93. The molecule has 2 aromatic rings. The van der Waals surface area contributed by atoms with Crippen molar-refractivity contribution in [3.8, 4) is 11.8 Å². The van der Waals surface area contributed by atoms with Crippen molar-refractivity contribution in [2.24, 2.45) is 5.92 Å². The number of nitrogens with one attached hydrogen (secondary N) is 2. The molecule has 0 bridgehead atoms. The number of anilines is 1. The monoisotopic (exact) mass is 399 g/mol. The highest BCUT2D eigenvalue weighted by Crippen LogP contribution is 2.39. The van der Waals surface area contributed by atoms with E-state index in [1.165, 1.54) is 4.88 Å². The standard InChI is InChI=1S/C20H21N3O2S2/c1-12-7-8-14-15(10-21)19(27-17(14)9-12)23-20(26)22-18(24)11-25-16-6-4-3-5-13(16)2/h3-6,12H,7-9,11H2,1-2H3,(H2,22,23,24,26)/t12-/m0/s1. The quantitative estimate of drug-likeness (QED) is 0.762. The number of rotatable bonds is 4. The summed E-state index contributed by atoms with van der Waals surface area (Å²) in [4.78, 5) is 13.3. The van der Waals surface area contributed by atoms with Crippen LogP contribution in [0.5, 0.6) is 5.75 Å². The molecule has 0 saturated heterocycles. The van der Waals surface area contributed by atoms with Gasteiger partial charge in [0, 0.05) is 4.88 Å². The highest BCUT2D eigenvalue weighted by atomic mass is 32.1. The van der Waals surface area contributed by atoms with Gasteiger partial charge in [-0.2, -0.15) is 5.26 Å². The second-order valence-corrected chi connectivity index (χ2v) is 8.24. The van der Waals surface area contributed by atoms with Gasteiger partial charge in [-0.05, 0) is 61.5 Å². The first-order valence-electron chi connectivity index (χ1n) is 8.81. The number of hydrogen-bond donors (Lipinski definition) is 2. The predicted octanol–water partition coefficient (Wildman–Crippen LogP) is 3.95. The lowest BCUT2D eigenvalue weighted by Crippen LogP contribution is -2.37. The number of carbonyl (C=O) groups is 1. The number of para-hydroxylation sites is 1. The number of thiocarbonyl (C=S) groups is 1. The first-order chi connectivity index (χ1) is 13.0. The smallest absolute Gasteiger partial charge is 0.264 e. The number of fused-ring (bicyclic) bond motifs is 1. The molecular formula is C20H21N3O2S2. The Labute approximate surface area is 168 Å². The lowest BCUT2D eigenvalue weighted by molar-refractivity contribution is -0.121. The molecule has 5 nitrogen and oxygen atoms in total. The Kier molecular flexibility index (Phi) is 6.09. The number of ether oxygens (including phenoxy) is 1. The SMILES string of the molecule is Cc1ccccc1OCC(=O)NC(=S)Nc1sc2c(c1C#N)CC[C@H](C)C2. The molecule has 0 saturated carbocycles. The largest absolute Gasteiger partial charge is 0.483 e. The minimum atomic E-state index is -0.343. The number of thiophene rings is 1. The zero-order chi connectivity index (χ0) is 19.4. The topological polar surface area (TPSA) is 74.2 Å². The third kappa shape index (κ3) is 4.65. The molecule has 1 heterocycles.